The number of aliphatic hydroxyl groups is 1. The Balaban J connectivity index is 1.61. The molecule has 4 rings (SSSR count). The van der Waals surface area contributed by atoms with Gasteiger partial charge in [-0.2, -0.15) is 9.97 Å². The van der Waals surface area contributed by atoms with Gasteiger partial charge in [-0.1, -0.05) is 12.1 Å². The third-order valence-corrected chi connectivity index (χ3v) is 4.34. The number of aromatic amines is 1. The van der Waals surface area contributed by atoms with Gasteiger partial charge in [0.05, 0.1) is 18.5 Å². The van der Waals surface area contributed by atoms with E-state index in [1.165, 1.54) is 12.4 Å². The fourth-order valence-electron chi connectivity index (χ4n) is 3.06. The molecule has 0 unspecified atom stereocenters. The van der Waals surface area contributed by atoms with Crippen molar-refractivity contribution in [1.29, 1.82) is 0 Å². The maximum atomic E-state index is 13.7. The number of nitrogens with zero attached hydrogens (tertiary/aromatic N) is 4. The molecule has 1 aromatic carbocycles. The monoisotopic (exact) mass is 363 g/mol. The molecule has 0 spiro atoms. The van der Waals surface area contributed by atoms with E-state index in [9.17, 15) is 9.50 Å². The van der Waals surface area contributed by atoms with Gasteiger partial charge in [-0.3, -0.25) is 0 Å². The second-order valence-electron chi connectivity index (χ2n) is 5.85. The Hall–Kier alpha value is -2.45. The number of aliphatic hydroxyl groups excluding tert-OH is 1. The van der Waals surface area contributed by atoms with Gasteiger partial charge in [-0.25, -0.2) is 9.37 Å². The summed E-state index contributed by atoms with van der Waals surface area (Å²) in [5, 5.41) is 10.2. The van der Waals surface area contributed by atoms with Crippen molar-refractivity contribution < 1.29 is 14.2 Å². The smallest absolute Gasteiger partial charge is 0.226 e. The summed E-state index contributed by atoms with van der Waals surface area (Å²) in [4.78, 5) is 17.3. The van der Waals surface area contributed by atoms with Crippen LogP contribution < -0.4 is 9.64 Å². The first-order chi connectivity index (χ1) is 12.1. The van der Waals surface area contributed by atoms with E-state index in [0.717, 1.165) is 0 Å². The Morgan fingerprint density at radius 1 is 1.36 bits per heavy atom. The van der Waals surface area contributed by atoms with Gasteiger partial charge in [0.1, 0.15) is 12.1 Å². The number of benzene rings is 1. The lowest BCUT2D eigenvalue weighted by atomic mass is 10.2. The predicted octanol–water partition coefficient (Wildman–Crippen LogP) is 2.16. The van der Waals surface area contributed by atoms with Crippen LogP contribution in [0, 0.1) is 5.82 Å². The Morgan fingerprint density at radius 3 is 3.04 bits per heavy atom. The van der Waals surface area contributed by atoms with Crippen LogP contribution in [0.15, 0.2) is 30.6 Å². The Labute approximate surface area is 147 Å². The normalized spacial score (nSPS) is 20.4. The minimum absolute atomic E-state index is 0.0739. The zero-order chi connectivity index (χ0) is 17.4. The van der Waals surface area contributed by atoms with Crippen LogP contribution in [0.2, 0.25) is 5.28 Å². The van der Waals surface area contributed by atoms with Crippen molar-refractivity contribution in [3.8, 4) is 5.75 Å². The average molecular weight is 364 g/mol. The number of ether oxygens (including phenoxy) is 1. The first-order valence-electron chi connectivity index (χ1n) is 7.80. The van der Waals surface area contributed by atoms with Gasteiger partial charge < -0.3 is 19.7 Å². The molecule has 2 aromatic heterocycles. The number of fused-ring (bicyclic) bond motifs is 1. The molecular weight excluding hydrogens is 349 g/mol. The molecule has 9 heteroatoms. The van der Waals surface area contributed by atoms with E-state index in [-0.39, 0.29) is 23.7 Å². The summed E-state index contributed by atoms with van der Waals surface area (Å²) in [6, 6.07) is 6.03. The fourth-order valence-corrected chi connectivity index (χ4v) is 3.22. The van der Waals surface area contributed by atoms with E-state index in [4.69, 9.17) is 16.3 Å². The lowest BCUT2D eigenvalue weighted by Gasteiger charge is -2.25. The third-order valence-electron chi connectivity index (χ3n) is 4.17. The lowest BCUT2D eigenvalue weighted by Crippen LogP contribution is -2.35. The Morgan fingerprint density at radius 2 is 2.20 bits per heavy atom. The van der Waals surface area contributed by atoms with Gasteiger partial charge in [0.2, 0.25) is 5.28 Å². The molecular formula is C16H15ClFN5O2. The highest BCUT2D eigenvalue weighted by molar-refractivity contribution is 6.28. The maximum absolute atomic E-state index is 13.7. The highest BCUT2D eigenvalue weighted by atomic mass is 35.5. The van der Waals surface area contributed by atoms with Crippen molar-refractivity contribution >= 4 is 28.6 Å². The highest BCUT2D eigenvalue weighted by Gasteiger charge is 2.34. The zero-order valence-electron chi connectivity index (χ0n) is 13.1. The molecule has 1 saturated heterocycles. The zero-order valence-corrected chi connectivity index (χ0v) is 13.8. The molecule has 2 N–H and O–H groups in total. The summed E-state index contributed by atoms with van der Waals surface area (Å²) in [7, 11) is 0. The van der Waals surface area contributed by atoms with Crippen molar-refractivity contribution in [2.24, 2.45) is 0 Å². The summed E-state index contributed by atoms with van der Waals surface area (Å²) in [5.74, 6) is 0.302. The van der Waals surface area contributed by atoms with Crippen LogP contribution in [0.1, 0.15) is 6.42 Å². The minimum Gasteiger partial charge on any atom is -0.488 e. The molecule has 0 radical (unpaired) electrons. The lowest BCUT2D eigenvalue weighted by molar-refractivity contribution is 0.186. The summed E-state index contributed by atoms with van der Waals surface area (Å²) in [6.07, 6.45) is 1.45. The first kappa shape index (κ1) is 16.0. The number of imidazole rings is 1. The molecule has 0 saturated carbocycles. The third kappa shape index (κ3) is 3.10. The number of hydrogen-bond donors (Lipinski definition) is 2. The number of rotatable bonds is 4. The van der Waals surface area contributed by atoms with E-state index in [2.05, 4.69) is 19.9 Å². The SMILES string of the molecule is O[C@H]1C[C@H](COc2ccccc2F)N(c2nc(Cl)nc3nc[nH]c23)C1. The predicted molar refractivity (Wildman–Crippen MR) is 90.3 cm³/mol. The summed E-state index contributed by atoms with van der Waals surface area (Å²) in [5.41, 5.74) is 1.08. The van der Waals surface area contributed by atoms with Crippen LogP contribution in [0.3, 0.4) is 0 Å². The molecule has 0 amide bonds. The number of halogens is 2. The number of β-amino-alcohol motifs (C(OH)–C–C–N with tert-alkyl or cyclic N) is 1. The van der Waals surface area contributed by atoms with Crippen LogP contribution in [-0.4, -0.2) is 50.3 Å². The molecule has 1 aliphatic rings. The van der Waals surface area contributed by atoms with Gasteiger partial charge in [-0.15, -0.1) is 0 Å². The number of hydrogen-bond acceptors (Lipinski definition) is 6. The standard InChI is InChI=1S/C16H15ClFN5O2/c17-16-21-14-13(19-8-20-14)15(22-16)23-6-10(24)5-9(23)7-25-12-4-2-1-3-11(12)18/h1-4,8-10,24H,5-7H2,(H,19,20,21,22)/t9-,10+/m1/s1. The molecule has 3 heterocycles. The molecule has 7 nitrogen and oxygen atoms in total. The minimum atomic E-state index is -0.541. The summed E-state index contributed by atoms with van der Waals surface area (Å²) in [6.45, 7) is 0.571. The highest BCUT2D eigenvalue weighted by Crippen LogP contribution is 2.30. The summed E-state index contributed by atoms with van der Waals surface area (Å²) < 4.78 is 19.4. The van der Waals surface area contributed by atoms with Gasteiger partial charge in [0.15, 0.2) is 23.0 Å². The Bertz CT molecular complexity index is 905. The van der Waals surface area contributed by atoms with Crippen molar-refractivity contribution in [2.75, 3.05) is 18.1 Å². The molecule has 130 valence electrons. The number of para-hydroxylation sites is 1. The quantitative estimate of drug-likeness (QED) is 0.691. The largest absolute Gasteiger partial charge is 0.488 e. The number of anilines is 1. The number of aromatic nitrogens is 4. The van der Waals surface area contributed by atoms with Gasteiger partial charge >= 0.3 is 0 Å². The fraction of sp³-hybridized carbons (Fsp3) is 0.312. The molecule has 1 aliphatic heterocycles. The molecule has 1 fully saturated rings. The van der Waals surface area contributed by atoms with E-state index in [1.807, 2.05) is 4.90 Å². The van der Waals surface area contributed by atoms with E-state index >= 15 is 0 Å². The van der Waals surface area contributed by atoms with Crippen LogP contribution in [0.4, 0.5) is 10.2 Å². The van der Waals surface area contributed by atoms with E-state index < -0.39 is 11.9 Å². The van der Waals surface area contributed by atoms with Crippen LogP contribution in [0.5, 0.6) is 5.75 Å². The second kappa shape index (κ2) is 6.45. The van der Waals surface area contributed by atoms with Crippen molar-refractivity contribution in [3.05, 3.63) is 41.7 Å². The van der Waals surface area contributed by atoms with Gasteiger partial charge in [0, 0.05) is 6.54 Å². The molecule has 2 atom stereocenters. The van der Waals surface area contributed by atoms with E-state index in [1.54, 1.807) is 18.2 Å². The maximum Gasteiger partial charge on any atom is 0.226 e. The topological polar surface area (TPSA) is 87.2 Å². The molecule has 0 aliphatic carbocycles. The van der Waals surface area contributed by atoms with Crippen LogP contribution in [0.25, 0.3) is 11.2 Å². The van der Waals surface area contributed by atoms with Crippen molar-refractivity contribution in [3.63, 3.8) is 0 Å². The van der Waals surface area contributed by atoms with Crippen LogP contribution in [-0.2, 0) is 0 Å². The molecule has 3 aromatic rings. The van der Waals surface area contributed by atoms with E-state index in [0.29, 0.717) is 29.9 Å². The molecule has 25 heavy (non-hydrogen) atoms. The summed E-state index contributed by atoms with van der Waals surface area (Å²) >= 11 is 5.99. The van der Waals surface area contributed by atoms with Crippen molar-refractivity contribution in [2.45, 2.75) is 18.6 Å². The van der Waals surface area contributed by atoms with Gasteiger partial charge in [-0.05, 0) is 30.2 Å². The number of nitrogens with one attached hydrogen (secondary N) is 1. The molecule has 0 bridgehead atoms. The second-order valence-corrected chi connectivity index (χ2v) is 6.19. The average Bonchev–Trinajstić information content (AvgIpc) is 3.19. The first-order valence-corrected chi connectivity index (χ1v) is 8.18. The van der Waals surface area contributed by atoms with Gasteiger partial charge in [0.25, 0.3) is 0 Å². The Kier molecular flexibility index (Phi) is 4.14. The van der Waals surface area contributed by atoms with Crippen LogP contribution >= 0.6 is 11.6 Å². The van der Waals surface area contributed by atoms with Crippen molar-refractivity contribution in [1.82, 2.24) is 19.9 Å². The number of H-pyrrole nitrogens is 1.